The van der Waals surface area contributed by atoms with Crippen molar-refractivity contribution in [3.63, 3.8) is 0 Å². The van der Waals surface area contributed by atoms with Crippen molar-refractivity contribution >= 4 is 11.8 Å². The first-order chi connectivity index (χ1) is 6.24. The highest BCUT2D eigenvalue weighted by molar-refractivity contribution is 5.95. The summed E-state index contributed by atoms with van der Waals surface area (Å²) in [6, 6.07) is 1.46. The lowest BCUT2D eigenvalue weighted by Crippen LogP contribution is -2.35. The van der Waals surface area contributed by atoms with Crippen molar-refractivity contribution in [3.8, 4) is 0 Å². The molecular weight excluding hydrogens is 176 g/mol. The lowest BCUT2D eigenvalue weighted by molar-refractivity contribution is -0.128. The summed E-state index contributed by atoms with van der Waals surface area (Å²) in [5, 5.41) is 10.4. The summed E-state index contributed by atoms with van der Waals surface area (Å²) in [4.78, 5) is 21.6. The normalized spacial score (nSPS) is 9.31. The minimum Gasteiger partial charge on any atom is -0.472 e. The van der Waals surface area contributed by atoms with Gasteiger partial charge < -0.3 is 9.73 Å². The van der Waals surface area contributed by atoms with Crippen molar-refractivity contribution in [3.05, 3.63) is 24.2 Å². The van der Waals surface area contributed by atoms with E-state index in [0.717, 1.165) is 0 Å². The number of carbonyl (C=O) groups is 2. The Bertz CT molecular complexity index is 293. The Hall–Kier alpha value is -1.82. The maximum Gasteiger partial charge on any atom is 0.262 e. The summed E-state index contributed by atoms with van der Waals surface area (Å²) in [6.45, 7) is -0.277. The minimum absolute atomic E-state index is 0.277. The van der Waals surface area contributed by atoms with Crippen LogP contribution in [-0.4, -0.2) is 23.6 Å². The van der Waals surface area contributed by atoms with Crippen LogP contribution in [0.25, 0.3) is 0 Å². The zero-order chi connectivity index (χ0) is 9.68. The van der Waals surface area contributed by atoms with Gasteiger partial charge in [-0.15, -0.1) is 0 Å². The topological polar surface area (TPSA) is 91.6 Å². The summed E-state index contributed by atoms with van der Waals surface area (Å²) in [5.41, 5.74) is 1.71. The lowest BCUT2D eigenvalue weighted by atomic mass is 10.3. The van der Waals surface area contributed by atoms with Crippen LogP contribution >= 0.6 is 0 Å². The molecule has 1 aromatic heterocycles. The van der Waals surface area contributed by atoms with Gasteiger partial charge in [-0.3, -0.25) is 14.8 Å². The van der Waals surface area contributed by atoms with Crippen molar-refractivity contribution in [2.24, 2.45) is 0 Å². The number of furan rings is 1. The third kappa shape index (κ3) is 2.60. The number of rotatable bonds is 3. The Morgan fingerprint density at radius 3 is 2.85 bits per heavy atom. The molecule has 0 atom stereocenters. The van der Waals surface area contributed by atoms with Crippen LogP contribution in [0.2, 0.25) is 0 Å². The molecule has 0 unspecified atom stereocenters. The summed E-state index contributed by atoms with van der Waals surface area (Å²) < 4.78 is 4.66. The summed E-state index contributed by atoms with van der Waals surface area (Å²) >= 11 is 0. The maximum atomic E-state index is 11.1. The average molecular weight is 184 g/mol. The van der Waals surface area contributed by atoms with Crippen LogP contribution in [0, 0.1) is 0 Å². The van der Waals surface area contributed by atoms with Crippen LogP contribution < -0.4 is 10.8 Å². The highest BCUT2D eigenvalue weighted by atomic mass is 16.5. The molecule has 0 aliphatic carbocycles. The Kier molecular flexibility index (Phi) is 3.04. The van der Waals surface area contributed by atoms with E-state index in [1.807, 2.05) is 0 Å². The molecule has 6 nitrogen and oxygen atoms in total. The first kappa shape index (κ1) is 9.27. The molecule has 0 aliphatic rings. The summed E-state index contributed by atoms with van der Waals surface area (Å²) in [7, 11) is 0. The van der Waals surface area contributed by atoms with E-state index in [-0.39, 0.29) is 6.54 Å². The molecule has 0 saturated heterocycles. The Morgan fingerprint density at radius 1 is 1.54 bits per heavy atom. The molecule has 0 radical (unpaired) electrons. The third-order valence-electron chi connectivity index (χ3n) is 1.32. The fourth-order valence-corrected chi connectivity index (χ4v) is 0.696. The van der Waals surface area contributed by atoms with Gasteiger partial charge in [0.1, 0.15) is 6.26 Å². The van der Waals surface area contributed by atoms with Gasteiger partial charge in [-0.1, -0.05) is 0 Å². The molecule has 0 aromatic carbocycles. The molecule has 6 heteroatoms. The minimum atomic E-state index is -0.683. The number of hydrogen-bond acceptors (Lipinski definition) is 4. The molecule has 0 saturated carbocycles. The van der Waals surface area contributed by atoms with Crippen LogP contribution in [-0.2, 0) is 4.79 Å². The van der Waals surface area contributed by atoms with Crippen LogP contribution in [0.15, 0.2) is 23.0 Å². The average Bonchev–Trinajstić information content (AvgIpc) is 2.66. The molecule has 0 bridgehead atoms. The van der Waals surface area contributed by atoms with Crippen LogP contribution in [0.1, 0.15) is 10.4 Å². The van der Waals surface area contributed by atoms with E-state index < -0.39 is 11.8 Å². The number of amides is 2. The van der Waals surface area contributed by atoms with Gasteiger partial charge in [0.2, 0.25) is 0 Å². The molecule has 1 heterocycles. The molecule has 3 N–H and O–H groups in total. The first-order valence-corrected chi connectivity index (χ1v) is 3.47. The number of hydrogen-bond donors (Lipinski definition) is 3. The van der Waals surface area contributed by atoms with E-state index in [0.29, 0.717) is 5.56 Å². The van der Waals surface area contributed by atoms with E-state index in [2.05, 4.69) is 9.73 Å². The standard InChI is InChI=1S/C7H8N2O4/c10-6(9-12)3-8-7(11)5-1-2-13-4-5/h1-2,4,12H,3H2,(H,8,11)(H,9,10). The van der Waals surface area contributed by atoms with Crippen LogP contribution in [0.5, 0.6) is 0 Å². The second-order valence-corrected chi connectivity index (χ2v) is 2.23. The van der Waals surface area contributed by atoms with Crippen molar-refractivity contribution in [2.45, 2.75) is 0 Å². The fourth-order valence-electron chi connectivity index (χ4n) is 0.696. The molecule has 1 rings (SSSR count). The Labute approximate surface area is 73.5 Å². The van der Waals surface area contributed by atoms with Crippen LogP contribution in [0.4, 0.5) is 0 Å². The smallest absolute Gasteiger partial charge is 0.262 e. The largest absolute Gasteiger partial charge is 0.472 e. The van der Waals surface area contributed by atoms with E-state index in [1.54, 1.807) is 0 Å². The molecule has 0 aliphatic heterocycles. The fraction of sp³-hybridized carbons (Fsp3) is 0.143. The summed E-state index contributed by atoms with van der Waals surface area (Å²) in [6.07, 6.45) is 2.60. The third-order valence-corrected chi connectivity index (χ3v) is 1.32. The quantitative estimate of drug-likeness (QED) is 0.436. The molecule has 2 amide bonds. The van der Waals surface area contributed by atoms with Gasteiger partial charge in [0.25, 0.3) is 11.8 Å². The lowest BCUT2D eigenvalue weighted by Gasteiger charge is -2.00. The highest BCUT2D eigenvalue weighted by Gasteiger charge is 2.07. The first-order valence-electron chi connectivity index (χ1n) is 3.47. The van der Waals surface area contributed by atoms with E-state index >= 15 is 0 Å². The SMILES string of the molecule is O=C(CNC(=O)c1ccoc1)NO. The number of hydroxylamine groups is 1. The zero-order valence-electron chi connectivity index (χ0n) is 6.61. The van der Waals surface area contributed by atoms with Gasteiger partial charge in [-0.2, -0.15) is 0 Å². The van der Waals surface area contributed by atoms with Crippen molar-refractivity contribution in [1.29, 1.82) is 0 Å². The van der Waals surface area contributed by atoms with Gasteiger partial charge >= 0.3 is 0 Å². The Morgan fingerprint density at radius 2 is 2.31 bits per heavy atom. The predicted molar refractivity (Wildman–Crippen MR) is 41.0 cm³/mol. The number of carbonyl (C=O) groups excluding carboxylic acids is 2. The molecule has 0 fully saturated rings. The highest BCUT2D eigenvalue weighted by Crippen LogP contribution is 1.98. The zero-order valence-corrected chi connectivity index (χ0v) is 6.61. The van der Waals surface area contributed by atoms with Gasteiger partial charge in [-0.25, -0.2) is 5.48 Å². The second-order valence-electron chi connectivity index (χ2n) is 2.23. The molecule has 1 aromatic rings. The van der Waals surface area contributed by atoms with Gasteiger partial charge in [0, 0.05) is 0 Å². The molecule has 0 spiro atoms. The maximum absolute atomic E-state index is 11.1. The summed E-state index contributed by atoms with van der Waals surface area (Å²) in [5.74, 6) is -1.12. The van der Waals surface area contributed by atoms with Crippen molar-refractivity contribution in [2.75, 3.05) is 6.54 Å². The molecular formula is C7H8N2O4. The predicted octanol–water partition coefficient (Wildman–Crippen LogP) is -0.485. The molecule has 70 valence electrons. The van der Waals surface area contributed by atoms with Gasteiger partial charge in [0.15, 0.2) is 0 Å². The monoisotopic (exact) mass is 184 g/mol. The van der Waals surface area contributed by atoms with Gasteiger partial charge in [-0.05, 0) is 6.07 Å². The van der Waals surface area contributed by atoms with Crippen molar-refractivity contribution in [1.82, 2.24) is 10.8 Å². The van der Waals surface area contributed by atoms with Crippen LogP contribution in [0.3, 0.4) is 0 Å². The van der Waals surface area contributed by atoms with E-state index in [9.17, 15) is 9.59 Å². The van der Waals surface area contributed by atoms with E-state index in [4.69, 9.17) is 5.21 Å². The van der Waals surface area contributed by atoms with Crippen molar-refractivity contribution < 1.29 is 19.2 Å². The number of nitrogens with one attached hydrogen (secondary N) is 2. The molecule has 13 heavy (non-hydrogen) atoms. The van der Waals surface area contributed by atoms with Gasteiger partial charge in [0.05, 0.1) is 18.4 Å². The second kappa shape index (κ2) is 4.27. The van der Waals surface area contributed by atoms with E-state index in [1.165, 1.54) is 24.1 Å². The Balaban J connectivity index is 2.39.